The summed E-state index contributed by atoms with van der Waals surface area (Å²) in [6, 6.07) is 7.57. The number of nitrogens with zero attached hydrogens (tertiary/aromatic N) is 1. The Balaban J connectivity index is 2.40. The predicted molar refractivity (Wildman–Crippen MR) is 68.2 cm³/mol. The van der Waals surface area contributed by atoms with Crippen molar-refractivity contribution in [2.45, 2.75) is 32.6 Å². The Labute approximate surface area is 97.3 Å². The molecule has 0 atom stereocenters. The molecule has 1 aromatic rings. The van der Waals surface area contributed by atoms with Gasteiger partial charge in [0.1, 0.15) is 6.07 Å². The number of rotatable bonds is 6. The standard InChI is InChI=1S/C13H19N3/c1-2-3-4-5-8-16-12-6-7-13(15)11(9-12)10-14/h6-7,9,16H,2-5,8,15H2,1H3. The van der Waals surface area contributed by atoms with Gasteiger partial charge in [0, 0.05) is 17.9 Å². The van der Waals surface area contributed by atoms with Gasteiger partial charge in [0.05, 0.1) is 5.56 Å². The van der Waals surface area contributed by atoms with E-state index in [4.69, 9.17) is 11.0 Å². The summed E-state index contributed by atoms with van der Waals surface area (Å²) in [4.78, 5) is 0. The molecule has 0 spiro atoms. The van der Waals surface area contributed by atoms with Crippen LogP contribution in [-0.2, 0) is 0 Å². The van der Waals surface area contributed by atoms with E-state index in [1.165, 1.54) is 25.7 Å². The van der Waals surface area contributed by atoms with Gasteiger partial charge in [0.2, 0.25) is 0 Å². The average molecular weight is 217 g/mol. The highest BCUT2D eigenvalue weighted by atomic mass is 14.9. The first kappa shape index (κ1) is 12.4. The molecule has 0 aliphatic heterocycles. The zero-order valence-corrected chi connectivity index (χ0v) is 9.79. The third kappa shape index (κ3) is 3.82. The van der Waals surface area contributed by atoms with Gasteiger partial charge in [0.25, 0.3) is 0 Å². The van der Waals surface area contributed by atoms with Crippen molar-refractivity contribution in [3.63, 3.8) is 0 Å². The van der Waals surface area contributed by atoms with E-state index in [1.807, 2.05) is 6.07 Å². The van der Waals surface area contributed by atoms with E-state index in [-0.39, 0.29) is 0 Å². The van der Waals surface area contributed by atoms with Gasteiger partial charge in [-0.05, 0) is 24.6 Å². The van der Waals surface area contributed by atoms with Gasteiger partial charge in [-0.1, -0.05) is 26.2 Å². The second-order valence-corrected chi connectivity index (χ2v) is 3.90. The van der Waals surface area contributed by atoms with Crippen molar-refractivity contribution in [2.75, 3.05) is 17.6 Å². The number of nitrogen functional groups attached to an aromatic ring is 1. The molecule has 0 aliphatic rings. The molecule has 0 saturated carbocycles. The van der Waals surface area contributed by atoms with Crippen molar-refractivity contribution >= 4 is 11.4 Å². The van der Waals surface area contributed by atoms with Crippen LogP contribution in [0.25, 0.3) is 0 Å². The number of anilines is 2. The minimum Gasteiger partial charge on any atom is -0.398 e. The van der Waals surface area contributed by atoms with Crippen LogP contribution in [0.4, 0.5) is 11.4 Å². The fourth-order valence-corrected chi connectivity index (χ4v) is 1.55. The molecule has 0 saturated heterocycles. The average Bonchev–Trinajstić information content (AvgIpc) is 2.31. The summed E-state index contributed by atoms with van der Waals surface area (Å²) in [5.41, 5.74) is 7.70. The van der Waals surface area contributed by atoms with Crippen LogP contribution in [0, 0.1) is 11.3 Å². The van der Waals surface area contributed by atoms with Crippen LogP contribution < -0.4 is 11.1 Å². The van der Waals surface area contributed by atoms with Crippen molar-refractivity contribution < 1.29 is 0 Å². The lowest BCUT2D eigenvalue weighted by atomic mass is 10.1. The molecule has 3 N–H and O–H groups in total. The first-order valence-corrected chi connectivity index (χ1v) is 5.81. The van der Waals surface area contributed by atoms with Gasteiger partial charge in [0.15, 0.2) is 0 Å². The Hall–Kier alpha value is -1.69. The fraction of sp³-hybridized carbons (Fsp3) is 0.462. The van der Waals surface area contributed by atoms with Crippen molar-refractivity contribution in [3.05, 3.63) is 23.8 Å². The number of hydrogen-bond acceptors (Lipinski definition) is 3. The predicted octanol–water partition coefficient (Wildman–Crippen LogP) is 3.13. The minimum absolute atomic E-state index is 0.540. The monoisotopic (exact) mass is 217 g/mol. The molecule has 0 amide bonds. The van der Waals surface area contributed by atoms with E-state index in [0.717, 1.165) is 12.2 Å². The maximum absolute atomic E-state index is 8.83. The van der Waals surface area contributed by atoms with Crippen molar-refractivity contribution in [1.29, 1.82) is 5.26 Å². The second kappa shape index (κ2) is 6.73. The molecular weight excluding hydrogens is 198 g/mol. The van der Waals surface area contributed by atoms with E-state index in [0.29, 0.717) is 11.3 Å². The molecule has 3 nitrogen and oxygen atoms in total. The maximum atomic E-state index is 8.83. The van der Waals surface area contributed by atoms with E-state index < -0.39 is 0 Å². The summed E-state index contributed by atoms with van der Waals surface area (Å²) in [6.07, 6.45) is 4.96. The number of hydrogen-bond donors (Lipinski definition) is 2. The van der Waals surface area contributed by atoms with Crippen LogP contribution in [0.15, 0.2) is 18.2 Å². The van der Waals surface area contributed by atoms with Crippen molar-refractivity contribution in [2.24, 2.45) is 0 Å². The SMILES string of the molecule is CCCCCCNc1ccc(N)c(C#N)c1. The molecule has 1 aromatic carbocycles. The lowest BCUT2D eigenvalue weighted by Crippen LogP contribution is -2.02. The van der Waals surface area contributed by atoms with Gasteiger partial charge in [-0.3, -0.25) is 0 Å². The Morgan fingerprint density at radius 2 is 2.12 bits per heavy atom. The van der Waals surface area contributed by atoms with E-state index >= 15 is 0 Å². The summed E-state index contributed by atoms with van der Waals surface area (Å²) in [5.74, 6) is 0. The van der Waals surface area contributed by atoms with Crippen LogP contribution in [-0.4, -0.2) is 6.54 Å². The normalized spacial score (nSPS) is 9.75. The summed E-state index contributed by atoms with van der Waals surface area (Å²) in [6.45, 7) is 3.15. The van der Waals surface area contributed by atoms with E-state index in [2.05, 4.69) is 18.3 Å². The van der Waals surface area contributed by atoms with E-state index in [9.17, 15) is 0 Å². The minimum atomic E-state index is 0.540. The van der Waals surface area contributed by atoms with Crippen LogP contribution in [0.1, 0.15) is 38.2 Å². The number of nitriles is 1. The molecule has 0 fully saturated rings. The van der Waals surface area contributed by atoms with Gasteiger partial charge in [-0.15, -0.1) is 0 Å². The third-order valence-electron chi connectivity index (χ3n) is 2.53. The molecule has 0 aromatic heterocycles. The summed E-state index contributed by atoms with van der Waals surface area (Å²) < 4.78 is 0. The van der Waals surface area contributed by atoms with Crippen molar-refractivity contribution in [3.8, 4) is 6.07 Å². The molecule has 1 rings (SSSR count). The topological polar surface area (TPSA) is 61.8 Å². The Morgan fingerprint density at radius 3 is 2.81 bits per heavy atom. The molecule has 86 valence electrons. The Morgan fingerprint density at radius 1 is 1.31 bits per heavy atom. The lowest BCUT2D eigenvalue weighted by Gasteiger charge is -2.07. The van der Waals surface area contributed by atoms with Gasteiger partial charge in [-0.2, -0.15) is 5.26 Å². The first-order valence-electron chi connectivity index (χ1n) is 5.81. The molecule has 0 heterocycles. The number of benzene rings is 1. The first-order chi connectivity index (χ1) is 7.77. The molecule has 0 aliphatic carbocycles. The Kier molecular flexibility index (Phi) is 5.21. The van der Waals surface area contributed by atoms with Crippen LogP contribution in [0.3, 0.4) is 0 Å². The summed E-state index contributed by atoms with van der Waals surface area (Å²) in [7, 11) is 0. The van der Waals surface area contributed by atoms with Gasteiger partial charge >= 0.3 is 0 Å². The lowest BCUT2D eigenvalue weighted by molar-refractivity contribution is 0.685. The highest BCUT2D eigenvalue weighted by molar-refractivity contribution is 5.61. The zero-order chi connectivity index (χ0) is 11.8. The molecule has 16 heavy (non-hydrogen) atoms. The highest BCUT2D eigenvalue weighted by Crippen LogP contribution is 2.16. The number of nitrogens with one attached hydrogen (secondary N) is 1. The van der Waals surface area contributed by atoms with Crippen LogP contribution in [0.5, 0.6) is 0 Å². The molecule has 0 radical (unpaired) electrons. The molecule has 3 heteroatoms. The van der Waals surface area contributed by atoms with E-state index in [1.54, 1.807) is 12.1 Å². The number of nitrogens with two attached hydrogens (primary N) is 1. The molecule has 0 unspecified atom stereocenters. The Bertz CT molecular complexity index is 366. The smallest absolute Gasteiger partial charge is 0.101 e. The zero-order valence-electron chi connectivity index (χ0n) is 9.79. The van der Waals surface area contributed by atoms with Crippen molar-refractivity contribution in [1.82, 2.24) is 0 Å². The summed E-state index contributed by atoms with van der Waals surface area (Å²) in [5, 5.41) is 12.1. The van der Waals surface area contributed by atoms with Gasteiger partial charge < -0.3 is 11.1 Å². The van der Waals surface area contributed by atoms with Crippen LogP contribution >= 0.6 is 0 Å². The largest absolute Gasteiger partial charge is 0.398 e. The fourth-order valence-electron chi connectivity index (χ4n) is 1.55. The third-order valence-corrected chi connectivity index (χ3v) is 2.53. The second-order valence-electron chi connectivity index (χ2n) is 3.90. The quantitative estimate of drug-likeness (QED) is 0.568. The summed E-state index contributed by atoms with van der Waals surface area (Å²) >= 11 is 0. The van der Waals surface area contributed by atoms with Gasteiger partial charge in [-0.25, -0.2) is 0 Å². The molecule has 0 bridgehead atoms. The highest BCUT2D eigenvalue weighted by Gasteiger charge is 1.99. The number of unbranched alkanes of at least 4 members (excludes halogenated alkanes) is 3. The van der Waals surface area contributed by atoms with Crippen LogP contribution in [0.2, 0.25) is 0 Å². The molecular formula is C13H19N3. The maximum Gasteiger partial charge on any atom is 0.101 e.